The summed E-state index contributed by atoms with van der Waals surface area (Å²) < 4.78 is 14.3. The first kappa shape index (κ1) is 14.8. The van der Waals surface area contributed by atoms with Gasteiger partial charge in [-0.3, -0.25) is 14.6 Å². The molecule has 1 saturated heterocycles. The zero-order valence-electron chi connectivity index (χ0n) is 11.8. The van der Waals surface area contributed by atoms with Crippen molar-refractivity contribution in [3.63, 3.8) is 0 Å². The number of hydrogen-bond acceptors (Lipinski definition) is 5. The minimum atomic E-state index is -0.353. The number of halogens is 1. The second kappa shape index (κ2) is 5.92. The number of Topliss-reactive ketones (excluding diaryl/α,β-unsaturated/α-hetero) is 1. The smallest absolute Gasteiger partial charge is 0.307 e. The van der Waals surface area contributed by atoms with Crippen molar-refractivity contribution in [3.05, 3.63) is 44.1 Å². The Labute approximate surface area is 130 Å². The van der Waals surface area contributed by atoms with Gasteiger partial charge in [-0.25, -0.2) is 4.39 Å². The van der Waals surface area contributed by atoms with E-state index in [9.17, 15) is 19.1 Å². The number of rotatable bonds is 3. The SMILES string of the molecule is O=C1CCN(c2ccc(Cc3sc(=O)[nH]c3O)cc2F)CC1. The molecule has 22 heavy (non-hydrogen) atoms. The molecule has 1 aromatic carbocycles. The number of anilines is 1. The Bertz CT molecular complexity index is 758. The number of aromatic amines is 1. The maximum Gasteiger partial charge on any atom is 0.307 e. The van der Waals surface area contributed by atoms with E-state index in [1.807, 2.05) is 4.90 Å². The first-order chi connectivity index (χ1) is 10.5. The average molecular weight is 322 g/mol. The topological polar surface area (TPSA) is 73.4 Å². The number of aromatic nitrogens is 1. The summed E-state index contributed by atoms with van der Waals surface area (Å²) >= 11 is 0.916. The number of benzene rings is 1. The molecular weight excluding hydrogens is 307 g/mol. The number of carbonyl (C=O) groups is 1. The van der Waals surface area contributed by atoms with Gasteiger partial charge in [-0.05, 0) is 17.7 Å². The van der Waals surface area contributed by atoms with Crippen molar-refractivity contribution in [3.8, 4) is 5.88 Å². The summed E-state index contributed by atoms with van der Waals surface area (Å²) in [4.78, 5) is 26.7. The van der Waals surface area contributed by atoms with Crippen LogP contribution < -0.4 is 9.77 Å². The van der Waals surface area contributed by atoms with Crippen molar-refractivity contribution in [2.24, 2.45) is 0 Å². The first-order valence-corrected chi connectivity index (χ1v) is 7.80. The van der Waals surface area contributed by atoms with Gasteiger partial charge in [0, 0.05) is 32.4 Å². The van der Waals surface area contributed by atoms with Crippen molar-refractivity contribution >= 4 is 22.8 Å². The number of nitrogens with one attached hydrogen (secondary N) is 1. The molecule has 2 N–H and O–H groups in total. The quantitative estimate of drug-likeness (QED) is 0.907. The van der Waals surface area contributed by atoms with Gasteiger partial charge in [0.25, 0.3) is 0 Å². The number of hydrogen-bond donors (Lipinski definition) is 2. The van der Waals surface area contributed by atoms with Crippen LogP contribution >= 0.6 is 11.3 Å². The van der Waals surface area contributed by atoms with E-state index in [1.165, 1.54) is 6.07 Å². The Kier molecular flexibility index (Phi) is 3.98. The van der Waals surface area contributed by atoms with Crippen LogP contribution in [0.1, 0.15) is 23.3 Å². The molecule has 1 aliphatic heterocycles. The molecule has 0 radical (unpaired) electrons. The predicted octanol–water partition coefficient (Wildman–Crippen LogP) is 2.04. The molecule has 0 saturated carbocycles. The van der Waals surface area contributed by atoms with Gasteiger partial charge < -0.3 is 10.0 Å². The van der Waals surface area contributed by atoms with E-state index in [0.29, 0.717) is 48.5 Å². The Morgan fingerprint density at radius 2 is 2.00 bits per heavy atom. The largest absolute Gasteiger partial charge is 0.494 e. The minimum Gasteiger partial charge on any atom is -0.494 e. The van der Waals surface area contributed by atoms with E-state index in [-0.39, 0.29) is 22.4 Å². The first-order valence-electron chi connectivity index (χ1n) is 6.99. The van der Waals surface area contributed by atoms with Gasteiger partial charge >= 0.3 is 4.87 Å². The van der Waals surface area contributed by atoms with E-state index >= 15 is 0 Å². The van der Waals surface area contributed by atoms with Crippen LogP contribution in [0.4, 0.5) is 10.1 Å². The maximum absolute atomic E-state index is 14.3. The molecular formula is C15H15FN2O3S. The van der Waals surface area contributed by atoms with Crippen LogP contribution in [0, 0.1) is 5.82 Å². The molecule has 7 heteroatoms. The summed E-state index contributed by atoms with van der Waals surface area (Å²) in [6.45, 7) is 1.07. The van der Waals surface area contributed by atoms with Gasteiger partial charge in [0.05, 0.1) is 10.6 Å². The molecule has 0 unspecified atom stereocenters. The average Bonchev–Trinajstić information content (AvgIpc) is 2.78. The Morgan fingerprint density at radius 3 is 2.59 bits per heavy atom. The zero-order valence-corrected chi connectivity index (χ0v) is 12.6. The fraction of sp³-hybridized carbons (Fsp3) is 0.333. The van der Waals surface area contributed by atoms with E-state index in [1.54, 1.807) is 12.1 Å². The van der Waals surface area contributed by atoms with Gasteiger partial charge in [0.2, 0.25) is 5.88 Å². The lowest BCUT2D eigenvalue weighted by molar-refractivity contribution is -0.119. The molecule has 1 aliphatic rings. The zero-order chi connectivity index (χ0) is 15.7. The fourth-order valence-electron chi connectivity index (χ4n) is 2.57. The van der Waals surface area contributed by atoms with Crippen molar-refractivity contribution < 1.29 is 14.3 Å². The summed E-state index contributed by atoms with van der Waals surface area (Å²) in [6.07, 6.45) is 1.20. The lowest BCUT2D eigenvalue weighted by Gasteiger charge is -2.28. The van der Waals surface area contributed by atoms with E-state index in [0.717, 1.165) is 11.3 Å². The maximum atomic E-state index is 14.3. The molecule has 1 fully saturated rings. The normalized spacial score (nSPS) is 15.3. The lowest BCUT2D eigenvalue weighted by atomic mass is 10.1. The third-order valence-corrected chi connectivity index (χ3v) is 4.61. The number of ketones is 1. The highest BCUT2D eigenvalue weighted by Crippen LogP contribution is 2.26. The van der Waals surface area contributed by atoms with E-state index < -0.39 is 0 Å². The fourth-order valence-corrected chi connectivity index (χ4v) is 3.33. The van der Waals surface area contributed by atoms with Crippen LogP contribution in [0.2, 0.25) is 0 Å². The highest BCUT2D eigenvalue weighted by Gasteiger charge is 2.19. The minimum absolute atomic E-state index is 0.158. The number of aromatic hydroxyl groups is 1. The van der Waals surface area contributed by atoms with Crippen LogP contribution in [0.15, 0.2) is 23.0 Å². The number of H-pyrrole nitrogens is 1. The van der Waals surface area contributed by atoms with Gasteiger partial charge in [-0.2, -0.15) is 0 Å². The van der Waals surface area contributed by atoms with Crippen LogP contribution in [0.5, 0.6) is 5.88 Å². The van der Waals surface area contributed by atoms with E-state index in [4.69, 9.17) is 0 Å². The molecule has 5 nitrogen and oxygen atoms in total. The molecule has 0 amide bonds. The summed E-state index contributed by atoms with van der Waals surface area (Å²) in [5.41, 5.74) is 1.17. The molecule has 3 rings (SSSR count). The van der Waals surface area contributed by atoms with Crippen molar-refractivity contribution in [2.75, 3.05) is 18.0 Å². The van der Waals surface area contributed by atoms with Crippen molar-refractivity contribution in [1.82, 2.24) is 4.98 Å². The molecule has 116 valence electrons. The Balaban J connectivity index is 1.78. The second-order valence-electron chi connectivity index (χ2n) is 5.27. The Morgan fingerprint density at radius 1 is 1.27 bits per heavy atom. The lowest BCUT2D eigenvalue weighted by Crippen LogP contribution is -2.34. The molecule has 0 bridgehead atoms. The van der Waals surface area contributed by atoms with Crippen LogP contribution in [-0.2, 0) is 11.2 Å². The van der Waals surface area contributed by atoms with Crippen LogP contribution in [-0.4, -0.2) is 29.0 Å². The van der Waals surface area contributed by atoms with Crippen LogP contribution in [0.3, 0.4) is 0 Å². The summed E-state index contributed by atoms with van der Waals surface area (Å²) in [6, 6.07) is 4.88. The summed E-state index contributed by atoms with van der Waals surface area (Å²) in [5.74, 6) is -0.297. The molecule has 0 aliphatic carbocycles. The third-order valence-electron chi connectivity index (χ3n) is 3.74. The van der Waals surface area contributed by atoms with Gasteiger partial charge in [-0.1, -0.05) is 17.4 Å². The van der Waals surface area contributed by atoms with E-state index in [2.05, 4.69) is 4.98 Å². The van der Waals surface area contributed by atoms with Gasteiger partial charge in [0.15, 0.2) is 0 Å². The third kappa shape index (κ3) is 3.04. The van der Waals surface area contributed by atoms with Gasteiger partial charge in [-0.15, -0.1) is 0 Å². The molecule has 0 spiro atoms. The number of thiazole rings is 1. The highest BCUT2D eigenvalue weighted by atomic mass is 32.1. The van der Waals surface area contributed by atoms with Gasteiger partial charge in [0.1, 0.15) is 11.6 Å². The molecule has 1 aromatic heterocycles. The number of nitrogens with zero attached hydrogens (tertiary/aromatic N) is 1. The molecule has 0 atom stereocenters. The second-order valence-corrected chi connectivity index (χ2v) is 6.34. The summed E-state index contributed by atoms with van der Waals surface area (Å²) in [5, 5.41) is 9.57. The highest BCUT2D eigenvalue weighted by molar-refractivity contribution is 7.09. The summed E-state index contributed by atoms with van der Waals surface area (Å²) in [7, 11) is 0. The van der Waals surface area contributed by atoms with Crippen LogP contribution in [0.25, 0.3) is 0 Å². The monoisotopic (exact) mass is 322 g/mol. The molecule has 2 aromatic rings. The molecule has 2 heterocycles. The van der Waals surface area contributed by atoms with Crippen molar-refractivity contribution in [1.29, 1.82) is 0 Å². The standard InChI is InChI=1S/C15H15FN2O3S/c16-11-7-9(8-13-14(20)17-15(21)22-13)1-2-12(11)18-5-3-10(19)4-6-18/h1-2,7,20H,3-6,8H2,(H,17,21). The number of carbonyl (C=O) groups excluding carboxylic acids is 1. The predicted molar refractivity (Wildman–Crippen MR) is 82.3 cm³/mol. The number of piperidine rings is 1. The Hall–Kier alpha value is -2.15. The van der Waals surface area contributed by atoms with Crippen molar-refractivity contribution in [2.45, 2.75) is 19.3 Å².